The minimum absolute atomic E-state index is 0. The molecule has 2 aromatic carbocycles. The number of rotatable bonds is 7. The van der Waals surface area contributed by atoms with Gasteiger partial charge in [-0.2, -0.15) is 0 Å². The molecular weight excluding hydrogens is 446 g/mol. The predicted octanol–water partition coefficient (Wildman–Crippen LogP) is 4.70. The number of aliphatic hydroxyl groups excluding tert-OH is 1. The number of carbonyl (C=O) groups is 2. The maximum absolute atomic E-state index is 12.8. The molecule has 0 bridgehead atoms. The first-order valence-corrected chi connectivity index (χ1v) is 10.9. The fourth-order valence-electron chi connectivity index (χ4n) is 3.80. The highest BCUT2D eigenvalue weighted by Crippen LogP contribution is 2.22. The van der Waals surface area contributed by atoms with Gasteiger partial charge in [-0.1, -0.05) is 42.8 Å². The van der Waals surface area contributed by atoms with E-state index in [1.165, 1.54) is 0 Å². The van der Waals surface area contributed by atoms with Crippen LogP contribution in [0, 0.1) is 13.8 Å². The van der Waals surface area contributed by atoms with E-state index in [2.05, 4.69) is 10.6 Å². The molecule has 1 heterocycles. The zero-order valence-electron chi connectivity index (χ0n) is 19.0. The van der Waals surface area contributed by atoms with Crippen molar-refractivity contribution in [2.45, 2.75) is 45.4 Å². The molecule has 0 radical (unpaired) electrons. The lowest BCUT2D eigenvalue weighted by atomic mass is 10.1. The fraction of sp³-hybridized carbons (Fsp3) is 0.417. The topological polar surface area (TPSA) is 100 Å². The summed E-state index contributed by atoms with van der Waals surface area (Å²) in [7, 11) is 0. The van der Waals surface area contributed by atoms with Crippen molar-refractivity contribution in [1.29, 1.82) is 0 Å². The number of benzene rings is 2. The van der Waals surface area contributed by atoms with Gasteiger partial charge in [0.05, 0.1) is 6.61 Å². The summed E-state index contributed by atoms with van der Waals surface area (Å²) in [6, 6.07) is 14.6. The molecule has 3 N–H and O–H groups in total. The smallest absolute Gasteiger partial charge is 0.413 e. The highest BCUT2D eigenvalue weighted by molar-refractivity contribution is 5.87. The first kappa shape index (κ1) is 26.4. The zero-order chi connectivity index (χ0) is 22.9. The second-order valence-corrected chi connectivity index (χ2v) is 7.90. The van der Waals surface area contributed by atoms with Gasteiger partial charge >= 0.3 is 12.2 Å². The Kier molecular flexibility index (Phi) is 10.4. The Morgan fingerprint density at radius 2 is 1.52 bits per heavy atom. The lowest BCUT2D eigenvalue weighted by Gasteiger charge is -2.37. The highest BCUT2D eigenvalue weighted by atomic mass is 35.5. The molecule has 33 heavy (non-hydrogen) atoms. The molecule has 180 valence electrons. The summed E-state index contributed by atoms with van der Waals surface area (Å²) in [5, 5.41) is 15.4. The molecule has 2 unspecified atom stereocenters. The van der Waals surface area contributed by atoms with Crippen molar-refractivity contribution in [3.63, 3.8) is 0 Å². The molecular formula is C24H32ClN3O5. The number of halogens is 1. The van der Waals surface area contributed by atoms with Crippen LogP contribution in [0.2, 0.25) is 0 Å². The minimum Gasteiger partial charge on any atom is -0.438 e. The summed E-state index contributed by atoms with van der Waals surface area (Å²) in [5.74, 6) is 0. The summed E-state index contributed by atoms with van der Waals surface area (Å²) in [6.07, 6.45) is -0.387. The van der Waals surface area contributed by atoms with Gasteiger partial charge in [-0.15, -0.1) is 12.4 Å². The Hall–Kier alpha value is -2.81. The van der Waals surface area contributed by atoms with E-state index in [4.69, 9.17) is 9.47 Å². The fourth-order valence-corrected chi connectivity index (χ4v) is 3.80. The average molecular weight is 478 g/mol. The molecule has 9 heteroatoms. The number of aryl methyl sites for hydroxylation is 2. The largest absolute Gasteiger partial charge is 0.438 e. The number of amides is 2. The number of likely N-dealkylation sites (tertiary alicyclic amines) is 1. The number of hydrogen-bond donors (Lipinski definition) is 3. The van der Waals surface area contributed by atoms with Gasteiger partial charge in [0, 0.05) is 24.5 Å². The molecule has 8 nitrogen and oxygen atoms in total. The van der Waals surface area contributed by atoms with Crippen molar-refractivity contribution >= 4 is 36.0 Å². The molecule has 1 aliphatic heterocycles. The molecule has 2 aromatic rings. The molecule has 0 spiro atoms. The van der Waals surface area contributed by atoms with Crippen LogP contribution in [0.5, 0.6) is 0 Å². The molecule has 1 aliphatic rings. The average Bonchev–Trinajstić information content (AvgIpc) is 2.80. The lowest BCUT2D eigenvalue weighted by molar-refractivity contribution is -0.106. The van der Waals surface area contributed by atoms with E-state index in [1.807, 2.05) is 43.0 Å². The number of ether oxygens (including phenoxy) is 2. The molecule has 1 fully saturated rings. The first-order chi connectivity index (χ1) is 15.5. The van der Waals surface area contributed by atoms with Crippen LogP contribution in [-0.4, -0.2) is 54.2 Å². The summed E-state index contributed by atoms with van der Waals surface area (Å²) < 4.78 is 11.2. The van der Waals surface area contributed by atoms with Crippen molar-refractivity contribution in [2.24, 2.45) is 0 Å². The van der Waals surface area contributed by atoms with E-state index in [9.17, 15) is 14.7 Å². The monoisotopic (exact) mass is 477 g/mol. The summed E-state index contributed by atoms with van der Waals surface area (Å²) in [5.41, 5.74) is 3.07. The van der Waals surface area contributed by atoms with E-state index in [1.54, 1.807) is 24.3 Å². The third-order valence-electron chi connectivity index (χ3n) is 5.46. The maximum atomic E-state index is 12.8. The Morgan fingerprint density at radius 1 is 0.909 bits per heavy atom. The van der Waals surface area contributed by atoms with Gasteiger partial charge in [0.15, 0.2) is 12.3 Å². The summed E-state index contributed by atoms with van der Waals surface area (Å²) in [4.78, 5) is 27.1. The molecule has 1 saturated heterocycles. The number of para-hydroxylation sites is 2. The van der Waals surface area contributed by atoms with Gasteiger partial charge in [0.25, 0.3) is 0 Å². The molecule has 3 rings (SSSR count). The summed E-state index contributed by atoms with van der Waals surface area (Å²) in [6.45, 7) is 4.68. The second-order valence-electron chi connectivity index (χ2n) is 7.90. The second kappa shape index (κ2) is 13.0. The lowest BCUT2D eigenvalue weighted by Crippen LogP contribution is -2.52. The predicted molar refractivity (Wildman–Crippen MR) is 130 cm³/mol. The number of nitrogens with zero attached hydrogens (tertiary/aromatic N) is 1. The van der Waals surface area contributed by atoms with E-state index in [0.29, 0.717) is 24.5 Å². The van der Waals surface area contributed by atoms with Crippen LogP contribution in [0.3, 0.4) is 0 Å². The Bertz CT molecular complexity index is 886. The van der Waals surface area contributed by atoms with Gasteiger partial charge in [-0.3, -0.25) is 15.5 Å². The van der Waals surface area contributed by atoms with E-state index in [-0.39, 0.29) is 12.4 Å². The minimum atomic E-state index is -1.04. The van der Waals surface area contributed by atoms with Crippen LogP contribution in [0.25, 0.3) is 0 Å². The number of hydrogen-bond acceptors (Lipinski definition) is 6. The van der Waals surface area contributed by atoms with Gasteiger partial charge in [-0.05, 0) is 49.9 Å². The number of aliphatic hydroxyl groups is 1. The van der Waals surface area contributed by atoms with Crippen molar-refractivity contribution in [1.82, 2.24) is 4.90 Å². The van der Waals surface area contributed by atoms with Crippen molar-refractivity contribution in [3.8, 4) is 0 Å². The normalized spacial score (nSPS) is 15.5. The third-order valence-corrected chi connectivity index (χ3v) is 5.46. The highest BCUT2D eigenvalue weighted by Gasteiger charge is 2.34. The third kappa shape index (κ3) is 7.63. The van der Waals surface area contributed by atoms with Crippen LogP contribution in [0.4, 0.5) is 21.0 Å². The van der Waals surface area contributed by atoms with Gasteiger partial charge < -0.3 is 14.6 Å². The molecule has 2 atom stereocenters. The molecule has 0 aliphatic carbocycles. The summed E-state index contributed by atoms with van der Waals surface area (Å²) >= 11 is 0. The van der Waals surface area contributed by atoms with Crippen LogP contribution >= 0.6 is 12.4 Å². The van der Waals surface area contributed by atoms with Crippen LogP contribution in [0.15, 0.2) is 48.5 Å². The van der Waals surface area contributed by atoms with E-state index in [0.717, 1.165) is 30.4 Å². The van der Waals surface area contributed by atoms with Crippen molar-refractivity contribution in [2.75, 3.05) is 30.3 Å². The van der Waals surface area contributed by atoms with E-state index >= 15 is 0 Å². The number of carbonyl (C=O) groups excluding carboxylic acids is 2. The molecule has 2 amide bonds. The Balaban J connectivity index is 0.00000385. The van der Waals surface area contributed by atoms with E-state index < -0.39 is 31.1 Å². The number of nitrogens with one attached hydrogen (secondary N) is 2. The van der Waals surface area contributed by atoms with Crippen LogP contribution in [0.1, 0.15) is 30.4 Å². The van der Waals surface area contributed by atoms with Crippen molar-refractivity contribution in [3.05, 3.63) is 59.7 Å². The Morgan fingerprint density at radius 3 is 2.12 bits per heavy atom. The van der Waals surface area contributed by atoms with Gasteiger partial charge in [0.2, 0.25) is 0 Å². The van der Waals surface area contributed by atoms with Gasteiger partial charge in [-0.25, -0.2) is 9.59 Å². The van der Waals surface area contributed by atoms with Crippen molar-refractivity contribution < 1.29 is 24.2 Å². The quantitative estimate of drug-likeness (QED) is 0.534. The molecule has 0 aromatic heterocycles. The number of piperidine rings is 1. The van der Waals surface area contributed by atoms with Crippen LogP contribution < -0.4 is 10.6 Å². The standard InChI is InChI=1S/C24H31N3O5.ClH/c1-17-10-9-11-18(2)21(17)26-24(30)32-22(27-14-7-4-8-15-27)20(16-28)31-23(29)25-19-12-5-3-6-13-19;/h3,5-6,9-13,20,22,28H,4,7-8,14-16H2,1-2H3,(H,25,29)(H,26,30);1H. The Labute approximate surface area is 200 Å². The number of anilines is 2. The maximum Gasteiger partial charge on any atom is 0.413 e. The SMILES string of the molecule is Cc1cccc(C)c1NC(=O)OC(C(CO)OC(=O)Nc1ccccc1)N1CCCCC1.Cl. The van der Waals surface area contributed by atoms with Gasteiger partial charge in [0.1, 0.15) is 0 Å². The molecule has 0 saturated carbocycles. The zero-order valence-corrected chi connectivity index (χ0v) is 19.8. The first-order valence-electron chi connectivity index (χ1n) is 10.9. The van der Waals surface area contributed by atoms with Crippen LogP contribution in [-0.2, 0) is 9.47 Å².